The smallest absolute Gasteiger partial charge is 0.0774 e. The van der Waals surface area contributed by atoms with Crippen LogP contribution in [0.25, 0.3) is 0 Å². The number of hydrogen-bond acceptors (Lipinski definition) is 3. The van der Waals surface area contributed by atoms with Gasteiger partial charge in [0.05, 0.1) is 25.4 Å². The molecule has 2 unspecified atom stereocenters. The number of aryl methyl sites for hydroxylation is 1. The van der Waals surface area contributed by atoms with Gasteiger partial charge in [-0.15, -0.1) is 0 Å². The Morgan fingerprint density at radius 3 is 2.81 bits per heavy atom. The highest BCUT2D eigenvalue weighted by Gasteiger charge is 2.29. The molecule has 0 saturated carbocycles. The summed E-state index contributed by atoms with van der Waals surface area (Å²) in [6.45, 7) is 9.63. The summed E-state index contributed by atoms with van der Waals surface area (Å²) in [6, 6.07) is 9.03. The van der Waals surface area contributed by atoms with Crippen LogP contribution in [0.3, 0.4) is 0 Å². The predicted molar refractivity (Wildman–Crippen MR) is 86.6 cm³/mol. The molecule has 1 N–H and O–H groups in total. The molecule has 2 atom stereocenters. The number of likely N-dealkylation sites (N-methyl/N-ethyl adjacent to an activating group) is 1. The van der Waals surface area contributed by atoms with Gasteiger partial charge in [0.1, 0.15) is 0 Å². The molecule has 1 aromatic carbocycles. The molecular weight excluding hydrogens is 262 g/mol. The molecule has 2 rings (SSSR count). The molecule has 0 amide bonds. The molecule has 0 aliphatic heterocycles. The molecular formula is C18H29NO2. The second kappa shape index (κ2) is 8.52. The Hall–Kier alpha value is -0.900. The number of nitrogens with one attached hydrogen (secondary N) is 1. The topological polar surface area (TPSA) is 30.5 Å². The SMILES string of the molecule is CCNC1c2ccccc2CCC1OCCOCC(C)C. The third-order valence-electron chi connectivity index (χ3n) is 3.89. The molecule has 0 heterocycles. The van der Waals surface area contributed by atoms with Crippen molar-refractivity contribution in [1.82, 2.24) is 5.32 Å². The molecule has 0 saturated heterocycles. The van der Waals surface area contributed by atoms with Crippen molar-refractivity contribution >= 4 is 0 Å². The van der Waals surface area contributed by atoms with Gasteiger partial charge in [-0.05, 0) is 36.4 Å². The minimum atomic E-state index is 0.252. The zero-order chi connectivity index (χ0) is 15.1. The van der Waals surface area contributed by atoms with Gasteiger partial charge in [-0.3, -0.25) is 0 Å². The van der Waals surface area contributed by atoms with E-state index in [1.54, 1.807) is 0 Å². The van der Waals surface area contributed by atoms with Crippen LogP contribution < -0.4 is 5.32 Å². The first kappa shape index (κ1) is 16.5. The van der Waals surface area contributed by atoms with E-state index in [0.717, 1.165) is 26.0 Å². The van der Waals surface area contributed by atoms with E-state index < -0.39 is 0 Å². The summed E-state index contributed by atoms with van der Waals surface area (Å²) < 4.78 is 11.7. The summed E-state index contributed by atoms with van der Waals surface area (Å²) in [5.74, 6) is 0.584. The van der Waals surface area contributed by atoms with Crippen LogP contribution >= 0.6 is 0 Å². The fraction of sp³-hybridized carbons (Fsp3) is 0.667. The van der Waals surface area contributed by atoms with Crippen molar-refractivity contribution in [3.8, 4) is 0 Å². The van der Waals surface area contributed by atoms with E-state index in [2.05, 4.69) is 50.4 Å². The molecule has 0 bridgehead atoms. The molecule has 3 nitrogen and oxygen atoms in total. The van der Waals surface area contributed by atoms with Crippen LogP contribution in [0.2, 0.25) is 0 Å². The second-order valence-corrected chi connectivity index (χ2v) is 6.15. The zero-order valence-electron chi connectivity index (χ0n) is 13.6. The van der Waals surface area contributed by atoms with Crippen LogP contribution in [0.15, 0.2) is 24.3 Å². The lowest BCUT2D eigenvalue weighted by atomic mass is 9.85. The van der Waals surface area contributed by atoms with Crippen molar-refractivity contribution in [2.45, 2.75) is 45.8 Å². The summed E-state index contributed by atoms with van der Waals surface area (Å²) in [6.07, 6.45) is 2.44. The maximum absolute atomic E-state index is 6.10. The van der Waals surface area contributed by atoms with Gasteiger partial charge < -0.3 is 14.8 Å². The first-order chi connectivity index (χ1) is 10.2. The summed E-state index contributed by atoms with van der Waals surface area (Å²) in [5, 5.41) is 3.58. The minimum Gasteiger partial charge on any atom is -0.379 e. The van der Waals surface area contributed by atoms with E-state index in [0.29, 0.717) is 25.2 Å². The summed E-state index contributed by atoms with van der Waals surface area (Å²) in [5.41, 5.74) is 2.86. The molecule has 3 heteroatoms. The fourth-order valence-electron chi connectivity index (χ4n) is 2.95. The van der Waals surface area contributed by atoms with Crippen LogP contribution in [0.4, 0.5) is 0 Å². The molecule has 21 heavy (non-hydrogen) atoms. The van der Waals surface area contributed by atoms with Gasteiger partial charge in [0.25, 0.3) is 0 Å². The molecule has 0 aromatic heterocycles. The summed E-state index contributed by atoms with van der Waals surface area (Å²) in [7, 11) is 0. The quantitative estimate of drug-likeness (QED) is 0.745. The third kappa shape index (κ3) is 4.80. The molecule has 0 spiro atoms. The lowest BCUT2D eigenvalue weighted by Crippen LogP contribution is -2.38. The number of ether oxygens (including phenoxy) is 2. The van der Waals surface area contributed by atoms with Gasteiger partial charge >= 0.3 is 0 Å². The van der Waals surface area contributed by atoms with E-state index in [-0.39, 0.29) is 6.10 Å². The number of hydrogen-bond donors (Lipinski definition) is 1. The van der Waals surface area contributed by atoms with Gasteiger partial charge in [0.15, 0.2) is 0 Å². The molecule has 1 aliphatic rings. The number of rotatable bonds is 8. The standard InChI is InChI=1S/C18H29NO2/c1-4-19-18-16-8-6-5-7-15(16)9-10-17(18)21-12-11-20-13-14(2)3/h5-8,14,17-19H,4,9-13H2,1-3H3. The second-order valence-electron chi connectivity index (χ2n) is 6.15. The highest BCUT2D eigenvalue weighted by atomic mass is 16.5. The maximum atomic E-state index is 6.10. The van der Waals surface area contributed by atoms with Crippen molar-refractivity contribution in [3.63, 3.8) is 0 Å². The Morgan fingerprint density at radius 2 is 2.05 bits per heavy atom. The minimum absolute atomic E-state index is 0.252. The zero-order valence-corrected chi connectivity index (χ0v) is 13.6. The van der Waals surface area contributed by atoms with E-state index >= 15 is 0 Å². The van der Waals surface area contributed by atoms with E-state index in [1.165, 1.54) is 11.1 Å². The third-order valence-corrected chi connectivity index (χ3v) is 3.89. The monoisotopic (exact) mass is 291 g/mol. The van der Waals surface area contributed by atoms with Gasteiger partial charge in [0.2, 0.25) is 0 Å². The first-order valence-corrected chi connectivity index (χ1v) is 8.23. The van der Waals surface area contributed by atoms with Crippen molar-refractivity contribution < 1.29 is 9.47 Å². The first-order valence-electron chi connectivity index (χ1n) is 8.23. The van der Waals surface area contributed by atoms with Gasteiger partial charge in [0, 0.05) is 6.61 Å². The van der Waals surface area contributed by atoms with Crippen LogP contribution in [0.5, 0.6) is 0 Å². The van der Waals surface area contributed by atoms with Gasteiger partial charge in [-0.2, -0.15) is 0 Å². The Bertz CT molecular complexity index is 419. The Morgan fingerprint density at radius 1 is 1.24 bits per heavy atom. The normalized spacial score (nSPS) is 21.5. The summed E-state index contributed by atoms with van der Waals surface area (Å²) >= 11 is 0. The fourth-order valence-corrected chi connectivity index (χ4v) is 2.95. The van der Waals surface area contributed by atoms with Gasteiger partial charge in [-0.1, -0.05) is 45.0 Å². The predicted octanol–water partition coefficient (Wildman–Crippen LogP) is 3.34. The lowest BCUT2D eigenvalue weighted by molar-refractivity contribution is -0.0222. The van der Waals surface area contributed by atoms with Crippen LogP contribution in [-0.4, -0.2) is 32.5 Å². The number of fused-ring (bicyclic) bond motifs is 1. The molecule has 1 aliphatic carbocycles. The molecule has 0 fully saturated rings. The Balaban J connectivity index is 1.87. The molecule has 118 valence electrons. The van der Waals surface area contributed by atoms with Crippen molar-refractivity contribution in [1.29, 1.82) is 0 Å². The van der Waals surface area contributed by atoms with Crippen molar-refractivity contribution in [2.24, 2.45) is 5.92 Å². The van der Waals surface area contributed by atoms with Crippen LogP contribution in [-0.2, 0) is 15.9 Å². The lowest BCUT2D eigenvalue weighted by Gasteiger charge is -2.34. The van der Waals surface area contributed by atoms with Gasteiger partial charge in [-0.25, -0.2) is 0 Å². The Kier molecular flexibility index (Phi) is 6.68. The maximum Gasteiger partial charge on any atom is 0.0774 e. The average molecular weight is 291 g/mol. The van der Waals surface area contributed by atoms with Crippen molar-refractivity contribution in [2.75, 3.05) is 26.4 Å². The van der Waals surface area contributed by atoms with E-state index in [1.807, 2.05) is 0 Å². The van der Waals surface area contributed by atoms with E-state index in [9.17, 15) is 0 Å². The molecule has 1 aromatic rings. The average Bonchev–Trinajstić information content (AvgIpc) is 2.48. The van der Waals surface area contributed by atoms with Crippen LogP contribution in [0, 0.1) is 5.92 Å². The van der Waals surface area contributed by atoms with Crippen LogP contribution in [0.1, 0.15) is 44.4 Å². The Labute approximate surface area is 129 Å². The molecule has 0 radical (unpaired) electrons. The largest absolute Gasteiger partial charge is 0.379 e. The highest BCUT2D eigenvalue weighted by molar-refractivity contribution is 5.33. The summed E-state index contributed by atoms with van der Waals surface area (Å²) in [4.78, 5) is 0. The van der Waals surface area contributed by atoms with E-state index in [4.69, 9.17) is 9.47 Å². The number of benzene rings is 1. The highest BCUT2D eigenvalue weighted by Crippen LogP contribution is 2.31. The van der Waals surface area contributed by atoms with Crippen molar-refractivity contribution in [3.05, 3.63) is 35.4 Å².